The predicted molar refractivity (Wildman–Crippen MR) is 136 cm³/mol. The molecule has 190 valence electrons. The number of likely N-dealkylation sites (N-methyl/N-ethyl adjacent to an activating group) is 1. The molecule has 3 rings (SSSR count). The molecular formula is C26H41N3O4S. The zero-order valence-corrected chi connectivity index (χ0v) is 21.8. The molecule has 1 spiro atoms. The molecule has 6 atom stereocenters. The summed E-state index contributed by atoms with van der Waals surface area (Å²) in [5.41, 5.74) is 0. The zero-order valence-electron chi connectivity index (χ0n) is 20.9. The number of nitrogens with zero attached hydrogens (tertiary/aromatic N) is 3. The van der Waals surface area contributed by atoms with Gasteiger partial charge in [-0.15, -0.1) is 24.9 Å². The van der Waals surface area contributed by atoms with E-state index in [1.807, 2.05) is 11.8 Å². The van der Waals surface area contributed by atoms with Gasteiger partial charge in [-0.1, -0.05) is 38.8 Å². The van der Waals surface area contributed by atoms with Crippen molar-refractivity contribution in [1.82, 2.24) is 14.7 Å². The van der Waals surface area contributed by atoms with Gasteiger partial charge in [0.2, 0.25) is 17.7 Å². The van der Waals surface area contributed by atoms with Crippen LogP contribution in [0, 0.1) is 11.8 Å². The maximum Gasteiger partial charge on any atom is 0.247 e. The number of hydrogen-bond donors (Lipinski definition) is 1. The zero-order chi connectivity index (χ0) is 25.0. The summed E-state index contributed by atoms with van der Waals surface area (Å²) in [6.07, 6.45) is 8.50. The highest BCUT2D eigenvalue weighted by molar-refractivity contribution is 8.02. The number of aliphatic hydroxyl groups is 1. The van der Waals surface area contributed by atoms with Gasteiger partial charge in [0, 0.05) is 31.9 Å². The first-order valence-corrected chi connectivity index (χ1v) is 13.6. The van der Waals surface area contributed by atoms with Gasteiger partial charge in [-0.3, -0.25) is 14.4 Å². The van der Waals surface area contributed by atoms with Crippen LogP contribution in [0.25, 0.3) is 0 Å². The molecule has 1 N–H and O–H groups in total. The highest BCUT2D eigenvalue weighted by Crippen LogP contribution is 2.67. The van der Waals surface area contributed by atoms with Crippen molar-refractivity contribution in [1.29, 1.82) is 0 Å². The van der Waals surface area contributed by atoms with Gasteiger partial charge in [0.1, 0.15) is 6.04 Å². The van der Waals surface area contributed by atoms with E-state index in [-0.39, 0.29) is 29.6 Å². The van der Waals surface area contributed by atoms with Crippen molar-refractivity contribution >= 4 is 29.5 Å². The summed E-state index contributed by atoms with van der Waals surface area (Å²) in [6.45, 7) is 12.9. The molecule has 0 saturated carbocycles. The minimum Gasteiger partial charge on any atom is -0.394 e. The number of thioether (sulfide) groups is 1. The second kappa shape index (κ2) is 11.3. The highest BCUT2D eigenvalue weighted by Gasteiger charge is 2.74. The SMILES string of the molecule is C=CCN(C)C(=O)[C@@H]1[C@H]2C(=O)N([C@@H](CC)CO)C(C(=O)N(CC=C)CCCCC)C23CC[C@H]1S3. The van der Waals surface area contributed by atoms with E-state index >= 15 is 0 Å². The summed E-state index contributed by atoms with van der Waals surface area (Å²) in [7, 11) is 1.75. The van der Waals surface area contributed by atoms with Gasteiger partial charge in [-0.25, -0.2) is 0 Å². The van der Waals surface area contributed by atoms with E-state index in [1.54, 1.807) is 40.8 Å². The molecule has 0 aromatic heterocycles. The third kappa shape index (κ3) is 4.43. The van der Waals surface area contributed by atoms with E-state index in [0.29, 0.717) is 26.1 Å². The topological polar surface area (TPSA) is 81.2 Å². The third-order valence-electron chi connectivity index (χ3n) is 7.80. The molecule has 34 heavy (non-hydrogen) atoms. The van der Waals surface area contributed by atoms with Crippen molar-refractivity contribution in [3.8, 4) is 0 Å². The lowest BCUT2D eigenvalue weighted by atomic mass is 9.70. The molecule has 3 heterocycles. The summed E-state index contributed by atoms with van der Waals surface area (Å²) in [4.78, 5) is 46.7. The van der Waals surface area contributed by atoms with Crippen LogP contribution >= 0.6 is 11.8 Å². The Kier molecular flexibility index (Phi) is 8.90. The molecule has 7 nitrogen and oxygen atoms in total. The van der Waals surface area contributed by atoms with E-state index < -0.39 is 28.7 Å². The van der Waals surface area contributed by atoms with E-state index in [9.17, 15) is 19.5 Å². The summed E-state index contributed by atoms with van der Waals surface area (Å²) in [5.74, 6) is -1.24. The number of fused-ring (bicyclic) bond motifs is 1. The summed E-state index contributed by atoms with van der Waals surface area (Å²) in [5, 5.41) is 10.2. The van der Waals surface area contributed by atoms with Crippen LogP contribution in [0.3, 0.4) is 0 Å². The first kappa shape index (κ1) is 26.8. The molecule has 3 amide bonds. The molecule has 0 aromatic carbocycles. The number of unbranched alkanes of at least 4 members (excludes halogenated alkanes) is 2. The molecule has 2 unspecified atom stereocenters. The fourth-order valence-electron chi connectivity index (χ4n) is 6.17. The second-order valence-corrected chi connectivity index (χ2v) is 11.4. The highest BCUT2D eigenvalue weighted by atomic mass is 32.2. The third-order valence-corrected chi connectivity index (χ3v) is 9.76. The molecule has 3 aliphatic rings. The van der Waals surface area contributed by atoms with E-state index in [4.69, 9.17) is 0 Å². The number of rotatable bonds is 13. The number of carbonyl (C=O) groups excluding carboxylic acids is 3. The molecule has 8 heteroatoms. The Balaban J connectivity index is 2.02. The lowest BCUT2D eigenvalue weighted by Crippen LogP contribution is -2.57. The van der Waals surface area contributed by atoms with Crippen LogP contribution in [0.15, 0.2) is 25.3 Å². The molecule has 3 saturated heterocycles. The quantitative estimate of drug-likeness (QED) is 0.317. The van der Waals surface area contributed by atoms with Crippen molar-refractivity contribution in [3.05, 3.63) is 25.3 Å². The Labute approximate surface area is 208 Å². The van der Waals surface area contributed by atoms with Crippen LogP contribution in [0.5, 0.6) is 0 Å². The van der Waals surface area contributed by atoms with E-state index in [1.165, 1.54) is 0 Å². The van der Waals surface area contributed by atoms with Crippen LogP contribution in [0.4, 0.5) is 0 Å². The summed E-state index contributed by atoms with van der Waals surface area (Å²) in [6, 6.07) is -1.11. The lowest BCUT2D eigenvalue weighted by molar-refractivity contribution is -0.146. The van der Waals surface area contributed by atoms with Gasteiger partial charge in [0.25, 0.3) is 0 Å². The number of hydrogen-bond acceptors (Lipinski definition) is 5. The number of aliphatic hydroxyl groups excluding tert-OH is 1. The summed E-state index contributed by atoms with van der Waals surface area (Å²) < 4.78 is -0.624. The largest absolute Gasteiger partial charge is 0.394 e. The van der Waals surface area contributed by atoms with Crippen molar-refractivity contribution in [3.63, 3.8) is 0 Å². The Morgan fingerprint density at radius 2 is 1.94 bits per heavy atom. The Morgan fingerprint density at radius 1 is 1.24 bits per heavy atom. The van der Waals surface area contributed by atoms with Crippen LogP contribution in [-0.4, -0.2) is 92.9 Å². The van der Waals surface area contributed by atoms with Crippen molar-refractivity contribution in [2.75, 3.05) is 33.3 Å². The molecule has 3 aliphatic heterocycles. The molecule has 2 bridgehead atoms. The monoisotopic (exact) mass is 491 g/mol. The molecule has 3 fully saturated rings. The van der Waals surface area contributed by atoms with Gasteiger partial charge in [0.15, 0.2) is 0 Å². The Hall–Kier alpha value is -1.80. The first-order chi connectivity index (χ1) is 16.3. The van der Waals surface area contributed by atoms with Crippen LogP contribution in [-0.2, 0) is 14.4 Å². The van der Waals surface area contributed by atoms with Crippen LogP contribution in [0.2, 0.25) is 0 Å². The average Bonchev–Trinajstić information content (AvgIpc) is 3.46. The Morgan fingerprint density at radius 3 is 2.53 bits per heavy atom. The minimum absolute atomic E-state index is 0.0355. The smallest absolute Gasteiger partial charge is 0.247 e. The lowest BCUT2D eigenvalue weighted by Gasteiger charge is -2.39. The predicted octanol–water partition coefficient (Wildman–Crippen LogP) is 2.70. The van der Waals surface area contributed by atoms with Crippen LogP contribution < -0.4 is 0 Å². The van der Waals surface area contributed by atoms with Crippen LogP contribution in [0.1, 0.15) is 52.4 Å². The van der Waals surface area contributed by atoms with Gasteiger partial charge < -0.3 is 19.8 Å². The minimum atomic E-state index is -0.666. The standard InChI is InChI=1S/C26H41N3O4S/c1-6-10-11-16-28(15-8-3)25(33)22-26-13-12-19(34-26)20(23(31)27(5)14-7-2)21(26)24(32)29(22)18(9-4)17-30/h7-8,18-22,30H,2-3,6,9-17H2,1,4-5H3/t18-,19+,20-,21-,22?,26?/m0/s1. The molecule has 0 aromatic rings. The maximum absolute atomic E-state index is 14.1. The second-order valence-electron chi connectivity index (χ2n) is 9.83. The average molecular weight is 492 g/mol. The van der Waals surface area contributed by atoms with Crippen molar-refractivity contribution in [2.24, 2.45) is 11.8 Å². The number of carbonyl (C=O) groups is 3. The first-order valence-electron chi connectivity index (χ1n) is 12.7. The van der Waals surface area contributed by atoms with E-state index in [2.05, 4.69) is 20.1 Å². The summed E-state index contributed by atoms with van der Waals surface area (Å²) >= 11 is 1.68. The van der Waals surface area contributed by atoms with Gasteiger partial charge in [-0.2, -0.15) is 0 Å². The molecule has 0 radical (unpaired) electrons. The van der Waals surface area contributed by atoms with E-state index in [0.717, 1.165) is 32.1 Å². The molecular weight excluding hydrogens is 450 g/mol. The fourth-order valence-corrected chi connectivity index (χ4v) is 8.36. The number of likely N-dealkylation sites (tertiary alicyclic amines) is 1. The molecule has 0 aliphatic carbocycles. The maximum atomic E-state index is 14.1. The van der Waals surface area contributed by atoms with Crippen molar-refractivity contribution in [2.45, 2.75) is 74.5 Å². The van der Waals surface area contributed by atoms with Gasteiger partial charge >= 0.3 is 0 Å². The Bertz CT molecular complexity index is 801. The van der Waals surface area contributed by atoms with Gasteiger partial charge in [0.05, 0.1) is 29.2 Å². The van der Waals surface area contributed by atoms with Crippen molar-refractivity contribution < 1.29 is 19.5 Å². The number of amides is 3. The fraction of sp³-hybridized carbons (Fsp3) is 0.731. The normalized spacial score (nSPS) is 30.2. The van der Waals surface area contributed by atoms with Gasteiger partial charge in [-0.05, 0) is 25.7 Å².